The fraction of sp³-hybridized carbons (Fsp3) is 0.667. The molecule has 0 aliphatic rings. The zero-order chi connectivity index (χ0) is 11.3. The quantitative estimate of drug-likeness (QED) is 0.758. The van der Waals surface area contributed by atoms with Crippen LogP contribution in [0.4, 0.5) is 0 Å². The standard InChI is InChI=1S/C12H21NO2/c1-10(14)7-12(2,3)9-13-8-11-5-4-6-15-11/h4-6,10,13-14H,7-9H2,1-3H3. The van der Waals surface area contributed by atoms with E-state index >= 15 is 0 Å². The van der Waals surface area contributed by atoms with E-state index in [1.807, 2.05) is 19.1 Å². The van der Waals surface area contributed by atoms with Gasteiger partial charge >= 0.3 is 0 Å². The van der Waals surface area contributed by atoms with Gasteiger partial charge in [0.2, 0.25) is 0 Å². The van der Waals surface area contributed by atoms with Crippen molar-refractivity contribution < 1.29 is 9.52 Å². The van der Waals surface area contributed by atoms with Crippen molar-refractivity contribution in [1.82, 2.24) is 5.32 Å². The monoisotopic (exact) mass is 211 g/mol. The molecule has 0 aromatic carbocycles. The van der Waals surface area contributed by atoms with Crippen LogP contribution in [0.3, 0.4) is 0 Å². The highest BCUT2D eigenvalue weighted by Gasteiger charge is 2.19. The maximum atomic E-state index is 9.33. The smallest absolute Gasteiger partial charge is 0.117 e. The molecule has 1 atom stereocenters. The molecule has 0 aliphatic heterocycles. The van der Waals surface area contributed by atoms with Crippen LogP contribution in [0, 0.1) is 5.41 Å². The summed E-state index contributed by atoms with van der Waals surface area (Å²) < 4.78 is 5.22. The van der Waals surface area contributed by atoms with Crippen molar-refractivity contribution in [2.45, 2.75) is 39.8 Å². The van der Waals surface area contributed by atoms with Gasteiger partial charge in [0.1, 0.15) is 5.76 Å². The van der Waals surface area contributed by atoms with E-state index < -0.39 is 0 Å². The van der Waals surface area contributed by atoms with E-state index in [4.69, 9.17) is 4.42 Å². The SMILES string of the molecule is CC(O)CC(C)(C)CNCc1ccco1. The van der Waals surface area contributed by atoms with E-state index in [-0.39, 0.29) is 11.5 Å². The van der Waals surface area contributed by atoms with Crippen LogP contribution >= 0.6 is 0 Å². The van der Waals surface area contributed by atoms with Gasteiger partial charge in [-0.05, 0) is 30.9 Å². The minimum atomic E-state index is -0.245. The molecule has 3 heteroatoms. The molecule has 2 N–H and O–H groups in total. The maximum Gasteiger partial charge on any atom is 0.117 e. The molecule has 1 rings (SSSR count). The minimum Gasteiger partial charge on any atom is -0.468 e. The summed E-state index contributed by atoms with van der Waals surface area (Å²) in [4.78, 5) is 0. The van der Waals surface area contributed by atoms with Crippen LogP contribution in [0.1, 0.15) is 33.0 Å². The van der Waals surface area contributed by atoms with Gasteiger partial charge in [-0.15, -0.1) is 0 Å². The van der Waals surface area contributed by atoms with Crippen LogP contribution in [0.5, 0.6) is 0 Å². The summed E-state index contributed by atoms with van der Waals surface area (Å²) in [5.74, 6) is 0.947. The van der Waals surface area contributed by atoms with Crippen molar-refractivity contribution in [2.75, 3.05) is 6.54 Å². The Bertz CT molecular complexity index is 265. The van der Waals surface area contributed by atoms with Gasteiger partial charge in [0.25, 0.3) is 0 Å². The topological polar surface area (TPSA) is 45.4 Å². The summed E-state index contributed by atoms with van der Waals surface area (Å²) in [5, 5.41) is 12.7. The normalized spacial score (nSPS) is 14.1. The maximum absolute atomic E-state index is 9.33. The van der Waals surface area contributed by atoms with E-state index in [2.05, 4.69) is 19.2 Å². The molecular formula is C12H21NO2. The third-order valence-electron chi connectivity index (χ3n) is 2.33. The van der Waals surface area contributed by atoms with Crippen molar-refractivity contribution in [3.63, 3.8) is 0 Å². The average molecular weight is 211 g/mol. The predicted octanol–water partition coefficient (Wildman–Crippen LogP) is 2.17. The molecule has 15 heavy (non-hydrogen) atoms. The fourth-order valence-corrected chi connectivity index (χ4v) is 1.81. The van der Waals surface area contributed by atoms with Gasteiger partial charge in [-0.1, -0.05) is 13.8 Å². The number of hydrogen-bond acceptors (Lipinski definition) is 3. The molecule has 0 amide bonds. The van der Waals surface area contributed by atoms with E-state index in [0.29, 0.717) is 0 Å². The highest BCUT2D eigenvalue weighted by atomic mass is 16.3. The van der Waals surface area contributed by atoms with Gasteiger partial charge in [-0.25, -0.2) is 0 Å². The van der Waals surface area contributed by atoms with Gasteiger partial charge in [0.15, 0.2) is 0 Å². The van der Waals surface area contributed by atoms with Crippen LogP contribution in [0.2, 0.25) is 0 Å². The molecule has 0 spiro atoms. The van der Waals surface area contributed by atoms with Crippen LogP contribution < -0.4 is 5.32 Å². The highest BCUT2D eigenvalue weighted by molar-refractivity contribution is 4.97. The van der Waals surface area contributed by atoms with Crippen LogP contribution in [0.25, 0.3) is 0 Å². The molecule has 1 unspecified atom stereocenters. The molecule has 0 saturated heterocycles. The lowest BCUT2D eigenvalue weighted by molar-refractivity contribution is 0.128. The van der Waals surface area contributed by atoms with E-state index in [9.17, 15) is 5.11 Å². The van der Waals surface area contributed by atoms with E-state index in [1.54, 1.807) is 6.26 Å². The predicted molar refractivity (Wildman–Crippen MR) is 60.5 cm³/mol. The van der Waals surface area contributed by atoms with Crippen molar-refractivity contribution in [3.8, 4) is 0 Å². The van der Waals surface area contributed by atoms with Crippen LogP contribution in [0.15, 0.2) is 22.8 Å². The third-order valence-corrected chi connectivity index (χ3v) is 2.33. The van der Waals surface area contributed by atoms with Crippen molar-refractivity contribution in [3.05, 3.63) is 24.2 Å². The largest absolute Gasteiger partial charge is 0.468 e. The Morgan fingerprint density at radius 1 is 1.53 bits per heavy atom. The summed E-state index contributed by atoms with van der Waals surface area (Å²) in [6.07, 6.45) is 2.24. The minimum absolute atomic E-state index is 0.112. The third kappa shape index (κ3) is 5.00. The lowest BCUT2D eigenvalue weighted by Crippen LogP contribution is -2.31. The Labute approximate surface area is 91.5 Å². The first-order chi connectivity index (χ1) is 6.99. The first kappa shape index (κ1) is 12.3. The number of hydrogen-bond donors (Lipinski definition) is 2. The van der Waals surface area contributed by atoms with Gasteiger partial charge in [-0.2, -0.15) is 0 Å². The Kier molecular flexibility index (Phi) is 4.36. The second kappa shape index (κ2) is 5.33. The van der Waals surface area contributed by atoms with E-state index in [0.717, 1.165) is 25.3 Å². The lowest BCUT2D eigenvalue weighted by atomic mass is 9.87. The van der Waals surface area contributed by atoms with Gasteiger partial charge in [0.05, 0.1) is 18.9 Å². The summed E-state index contributed by atoms with van der Waals surface area (Å²) in [5.41, 5.74) is 0.112. The number of rotatable bonds is 6. The second-order valence-corrected chi connectivity index (χ2v) is 4.90. The number of aliphatic hydroxyl groups excluding tert-OH is 1. The van der Waals surface area contributed by atoms with Crippen LogP contribution in [-0.2, 0) is 6.54 Å². The zero-order valence-corrected chi connectivity index (χ0v) is 9.79. The van der Waals surface area contributed by atoms with Gasteiger partial charge < -0.3 is 14.8 Å². The van der Waals surface area contributed by atoms with E-state index in [1.165, 1.54) is 0 Å². The molecule has 0 saturated carbocycles. The molecule has 86 valence electrons. The van der Waals surface area contributed by atoms with Crippen molar-refractivity contribution >= 4 is 0 Å². The summed E-state index contributed by atoms with van der Waals surface area (Å²) in [6.45, 7) is 7.74. The summed E-state index contributed by atoms with van der Waals surface area (Å²) in [7, 11) is 0. The molecule has 3 nitrogen and oxygen atoms in total. The Morgan fingerprint density at radius 2 is 2.27 bits per heavy atom. The average Bonchev–Trinajstić information content (AvgIpc) is 2.53. The highest BCUT2D eigenvalue weighted by Crippen LogP contribution is 2.21. The molecule has 1 aromatic rings. The molecule has 1 heterocycles. The Hall–Kier alpha value is -0.800. The van der Waals surface area contributed by atoms with Crippen LogP contribution in [-0.4, -0.2) is 17.8 Å². The molecule has 0 bridgehead atoms. The Morgan fingerprint density at radius 3 is 2.80 bits per heavy atom. The Balaban J connectivity index is 2.24. The number of aliphatic hydroxyl groups is 1. The molecule has 0 fully saturated rings. The second-order valence-electron chi connectivity index (χ2n) is 4.90. The van der Waals surface area contributed by atoms with Gasteiger partial charge in [-0.3, -0.25) is 0 Å². The first-order valence-electron chi connectivity index (χ1n) is 5.41. The first-order valence-corrected chi connectivity index (χ1v) is 5.41. The summed E-state index contributed by atoms with van der Waals surface area (Å²) >= 11 is 0. The molecule has 1 aromatic heterocycles. The molecule has 0 radical (unpaired) electrons. The molecule has 0 aliphatic carbocycles. The fourth-order valence-electron chi connectivity index (χ4n) is 1.81. The van der Waals surface area contributed by atoms with Crippen molar-refractivity contribution in [1.29, 1.82) is 0 Å². The lowest BCUT2D eigenvalue weighted by Gasteiger charge is -2.26. The van der Waals surface area contributed by atoms with Crippen molar-refractivity contribution in [2.24, 2.45) is 5.41 Å². The number of furan rings is 1. The van der Waals surface area contributed by atoms with Gasteiger partial charge in [0, 0.05) is 6.54 Å². The summed E-state index contributed by atoms with van der Waals surface area (Å²) in [6, 6.07) is 3.84. The number of nitrogens with one attached hydrogen (secondary N) is 1. The zero-order valence-electron chi connectivity index (χ0n) is 9.79. The molecular weight excluding hydrogens is 190 g/mol.